The van der Waals surface area contributed by atoms with E-state index in [4.69, 9.17) is 23.2 Å². The molecule has 0 atom stereocenters. The number of alkyl halides is 1. The molecule has 0 radical (unpaired) electrons. The van der Waals surface area contributed by atoms with E-state index in [0.29, 0.717) is 21.9 Å². The molecule has 0 aromatic heterocycles. The summed E-state index contributed by atoms with van der Waals surface area (Å²) in [6.45, 7) is 0.486. The summed E-state index contributed by atoms with van der Waals surface area (Å²) in [5.74, 6) is 0.612. The fourth-order valence-corrected chi connectivity index (χ4v) is 3.62. The van der Waals surface area contributed by atoms with Crippen LogP contribution >= 0.6 is 39.1 Å². The largest absolute Gasteiger partial charge is 0.242 e. The molecule has 0 bridgehead atoms. The molecule has 0 spiro atoms. The maximum atomic E-state index is 12.3. The van der Waals surface area contributed by atoms with Gasteiger partial charge in [0, 0.05) is 23.9 Å². The molecular formula is C12H16BrCl2NO2S. The number of benzene rings is 1. The molecule has 1 rings (SSSR count). The molecule has 0 saturated heterocycles. The lowest BCUT2D eigenvalue weighted by Gasteiger charge is -2.17. The van der Waals surface area contributed by atoms with Crippen LogP contribution in [0.25, 0.3) is 0 Å². The fourth-order valence-electron chi connectivity index (χ4n) is 1.54. The molecule has 1 aromatic rings. The second kappa shape index (κ2) is 7.84. The first-order valence-corrected chi connectivity index (χ1v) is 9.01. The van der Waals surface area contributed by atoms with Gasteiger partial charge in [-0.25, -0.2) is 12.7 Å². The van der Waals surface area contributed by atoms with E-state index in [1.807, 2.05) is 0 Å². The SMILES string of the molecule is CN(CCCCCCl)S(=O)(=O)c1ccc(Cl)c(Br)c1. The number of rotatable bonds is 7. The molecule has 3 nitrogen and oxygen atoms in total. The summed E-state index contributed by atoms with van der Waals surface area (Å²) < 4.78 is 26.5. The van der Waals surface area contributed by atoms with E-state index in [9.17, 15) is 8.42 Å². The van der Waals surface area contributed by atoms with Gasteiger partial charge in [0.25, 0.3) is 0 Å². The highest BCUT2D eigenvalue weighted by Crippen LogP contribution is 2.26. The third-order valence-electron chi connectivity index (χ3n) is 2.71. The lowest BCUT2D eigenvalue weighted by molar-refractivity contribution is 0.454. The number of hydrogen-bond acceptors (Lipinski definition) is 2. The van der Waals surface area contributed by atoms with Gasteiger partial charge in [-0.2, -0.15) is 0 Å². The van der Waals surface area contributed by atoms with Gasteiger partial charge in [-0.1, -0.05) is 18.0 Å². The minimum atomic E-state index is -3.45. The Kier molecular flexibility index (Phi) is 7.11. The molecule has 7 heteroatoms. The molecule has 108 valence electrons. The van der Waals surface area contributed by atoms with Crippen LogP contribution in [-0.4, -0.2) is 32.2 Å². The Bertz CT molecular complexity index is 522. The second-order valence-corrected chi connectivity index (χ2v) is 7.84. The van der Waals surface area contributed by atoms with Crippen molar-refractivity contribution in [3.05, 3.63) is 27.7 Å². The van der Waals surface area contributed by atoms with Crippen molar-refractivity contribution < 1.29 is 8.42 Å². The first-order chi connectivity index (χ1) is 8.89. The highest BCUT2D eigenvalue weighted by Gasteiger charge is 2.20. The zero-order valence-electron chi connectivity index (χ0n) is 10.6. The van der Waals surface area contributed by atoms with Gasteiger partial charge >= 0.3 is 0 Å². The predicted octanol–water partition coefficient (Wildman–Crippen LogP) is 4.13. The van der Waals surface area contributed by atoms with E-state index in [1.165, 1.54) is 16.4 Å². The minimum Gasteiger partial charge on any atom is -0.207 e. The molecule has 0 amide bonds. The number of hydrogen-bond donors (Lipinski definition) is 0. The van der Waals surface area contributed by atoms with Crippen molar-refractivity contribution in [1.82, 2.24) is 4.31 Å². The Morgan fingerprint density at radius 2 is 1.95 bits per heavy atom. The first-order valence-electron chi connectivity index (χ1n) is 5.87. The number of halogens is 3. The summed E-state index contributed by atoms with van der Waals surface area (Å²) in [6, 6.07) is 4.60. The predicted molar refractivity (Wildman–Crippen MR) is 83.5 cm³/mol. The molecule has 0 aliphatic rings. The van der Waals surface area contributed by atoms with E-state index in [-0.39, 0.29) is 4.90 Å². The number of unbranched alkanes of at least 4 members (excludes halogenated alkanes) is 2. The van der Waals surface area contributed by atoms with Gasteiger partial charge in [-0.15, -0.1) is 11.6 Å². The standard InChI is InChI=1S/C12H16BrCl2NO2S/c1-16(8-4-2-3-7-14)19(17,18)10-5-6-12(15)11(13)9-10/h5-6,9H,2-4,7-8H2,1H3. The van der Waals surface area contributed by atoms with Crippen LogP contribution in [0, 0.1) is 0 Å². The zero-order chi connectivity index (χ0) is 14.5. The third-order valence-corrected chi connectivity index (χ3v) is 6.04. The Balaban J connectivity index is 2.76. The summed E-state index contributed by atoms with van der Waals surface area (Å²) >= 11 is 14.7. The van der Waals surface area contributed by atoms with Crippen molar-refractivity contribution in [3.8, 4) is 0 Å². The van der Waals surface area contributed by atoms with Crippen molar-refractivity contribution in [2.45, 2.75) is 24.2 Å². The second-order valence-electron chi connectivity index (χ2n) is 4.15. The average molecular weight is 389 g/mol. The van der Waals surface area contributed by atoms with Crippen LogP contribution in [0.1, 0.15) is 19.3 Å². The van der Waals surface area contributed by atoms with E-state index in [2.05, 4.69) is 15.9 Å². The van der Waals surface area contributed by atoms with Crippen molar-refractivity contribution in [3.63, 3.8) is 0 Å². The van der Waals surface area contributed by atoms with Gasteiger partial charge in [0.05, 0.1) is 9.92 Å². The Morgan fingerprint density at radius 3 is 2.53 bits per heavy atom. The zero-order valence-corrected chi connectivity index (χ0v) is 14.5. The van der Waals surface area contributed by atoms with Crippen LogP contribution < -0.4 is 0 Å². The molecule has 19 heavy (non-hydrogen) atoms. The Hall–Kier alpha value is 0.190. The van der Waals surface area contributed by atoms with Crippen LogP contribution in [0.4, 0.5) is 0 Å². The van der Waals surface area contributed by atoms with Crippen molar-refractivity contribution in [2.24, 2.45) is 0 Å². The summed E-state index contributed by atoms with van der Waals surface area (Å²) in [7, 11) is -1.87. The first kappa shape index (κ1) is 17.2. The minimum absolute atomic E-state index is 0.239. The van der Waals surface area contributed by atoms with Crippen LogP contribution in [0.5, 0.6) is 0 Å². The molecule has 0 N–H and O–H groups in total. The van der Waals surface area contributed by atoms with Crippen LogP contribution in [0.15, 0.2) is 27.6 Å². The summed E-state index contributed by atoms with van der Waals surface area (Å²) in [5.41, 5.74) is 0. The highest BCUT2D eigenvalue weighted by atomic mass is 79.9. The topological polar surface area (TPSA) is 37.4 Å². The van der Waals surface area contributed by atoms with Crippen molar-refractivity contribution >= 4 is 49.2 Å². The van der Waals surface area contributed by atoms with Crippen LogP contribution in [0.3, 0.4) is 0 Å². The van der Waals surface area contributed by atoms with Crippen molar-refractivity contribution in [2.75, 3.05) is 19.5 Å². The fraction of sp³-hybridized carbons (Fsp3) is 0.500. The van der Waals surface area contributed by atoms with Gasteiger partial charge in [-0.3, -0.25) is 0 Å². The maximum Gasteiger partial charge on any atom is 0.242 e. The molecule has 0 aliphatic carbocycles. The molecular weight excluding hydrogens is 373 g/mol. The Morgan fingerprint density at radius 1 is 1.26 bits per heavy atom. The molecule has 0 saturated carbocycles. The number of sulfonamides is 1. The van der Waals surface area contributed by atoms with E-state index >= 15 is 0 Å². The van der Waals surface area contributed by atoms with E-state index < -0.39 is 10.0 Å². The molecule has 0 aliphatic heterocycles. The van der Waals surface area contributed by atoms with E-state index in [0.717, 1.165) is 19.3 Å². The van der Waals surface area contributed by atoms with Gasteiger partial charge in [0.2, 0.25) is 10.0 Å². The lowest BCUT2D eigenvalue weighted by atomic mass is 10.2. The summed E-state index contributed by atoms with van der Waals surface area (Å²) in [4.78, 5) is 0.239. The summed E-state index contributed by atoms with van der Waals surface area (Å²) in [5, 5.41) is 0.490. The molecule has 0 unspecified atom stereocenters. The van der Waals surface area contributed by atoms with Crippen molar-refractivity contribution in [1.29, 1.82) is 0 Å². The highest BCUT2D eigenvalue weighted by molar-refractivity contribution is 9.10. The smallest absolute Gasteiger partial charge is 0.207 e. The van der Waals surface area contributed by atoms with Gasteiger partial charge in [-0.05, 0) is 47.0 Å². The van der Waals surface area contributed by atoms with Gasteiger partial charge < -0.3 is 0 Å². The lowest BCUT2D eigenvalue weighted by Crippen LogP contribution is -2.28. The third kappa shape index (κ3) is 4.90. The molecule has 0 heterocycles. The monoisotopic (exact) mass is 387 g/mol. The van der Waals surface area contributed by atoms with Gasteiger partial charge in [0.15, 0.2) is 0 Å². The van der Waals surface area contributed by atoms with Crippen LogP contribution in [-0.2, 0) is 10.0 Å². The maximum absolute atomic E-state index is 12.3. The normalized spacial score (nSPS) is 12.1. The molecule has 0 fully saturated rings. The molecule has 1 aromatic carbocycles. The Labute approximate surface area is 133 Å². The van der Waals surface area contributed by atoms with E-state index in [1.54, 1.807) is 13.1 Å². The van der Waals surface area contributed by atoms with Crippen LogP contribution in [0.2, 0.25) is 5.02 Å². The quantitative estimate of drug-likeness (QED) is 0.520. The average Bonchev–Trinajstić information content (AvgIpc) is 2.37. The summed E-state index contributed by atoms with van der Waals surface area (Å²) in [6.07, 6.45) is 2.63. The van der Waals surface area contributed by atoms with Gasteiger partial charge in [0.1, 0.15) is 0 Å². The number of nitrogens with zero attached hydrogens (tertiary/aromatic N) is 1.